The number of aromatic nitrogens is 1. The first-order valence-corrected chi connectivity index (χ1v) is 5.43. The van der Waals surface area contributed by atoms with Crippen LogP contribution in [-0.4, -0.2) is 16.1 Å². The third-order valence-corrected chi connectivity index (χ3v) is 2.84. The van der Waals surface area contributed by atoms with E-state index in [-0.39, 0.29) is 12.5 Å². The van der Waals surface area contributed by atoms with Crippen LogP contribution in [0.1, 0.15) is 36.5 Å². The summed E-state index contributed by atoms with van der Waals surface area (Å²) in [6.07, 6.45) is 1.88. The molecule has 0 aliphatic carbocycles. The molecule has 0 fully saturated rings. The normalized spacial score (nSPS) is 12.7. The zero-order chi connectivity index (χ0) is 10.6. The highest BCUT2D eigenvalue weighted by atomic mass is 32.1. The number of thiazole rings is 1. The van der Waals surface area contributed by atoms with Gasteiger partial charge in [0.15, 0.2) is 0 Å². The Morgan fingerprint density at radius 2 is 2.50 bits per heavy atom. The SMILES string of the molecule is CCCC(N)c1nc(CC(=O)O)cs1. The van der Waals surface area contributed by atoms with Crippen molar-refractivity contribution in [2.24, 2.45) is 5.73 Å². The molecule has 3 N–H and O–H groups in total. The van der Waals surface area contributed by atoms with Gasteiger partial charge in [-0.15, -0.1) is 11.3 Å². The molecule has 1 aromatic rings. The minimum absolute atomic E-state index is 0.0185. The van der Waals surface area contributed by atoms with Crippen LogP contribution >= 0.6 is 11.3 Å². The molecule has 0 aliphatic rings. The lowest BCUT2D eigenvalue weighted by molar-refractivity contribution is -0.136. The first kappa shape index (κ1) is 11.1. The Balaban J connectivity index is 2.62. The molecule has 78 valence electrons. The molecule has 0 saturated heterocycles. The largest absolute Gasteiger partial charge is 0.481 e. The van der Waals surface area contributed by atoms with Crippen LogP contribution < -0.4 is 5.73 Å². The highest BCUT2D eigenvalue weighted by Crippen LogP contribution is 2.20. The number of hydrogen-bond acceptors (Lipinski definition) is 4. The van der Waals surface area contributed by atoms with Crippen molar-refractivity contribution in [3.05, 3.63) is 16.1 Å². The van der Waals surface area contributed by atoms with Gasteiger partial charge >= 0.3 is 5.97 Å². The predicted molar refractivity (Wildman–Crippen MR) is 55.3 cm³/mol. The average molecular weight is 214 g/mol. The Morgan fingerprint density at radius 3 is 3.07 bits per heavy atom. The molecule has 0 saturated carbocycles. The average Bonchev–Trinajstić information content (AvgIpc) is 2.52. The number of rotatable bonds is 5. The van der Waals surface area contributed by atoms with E-state index in [1.807, 2.05) is 0 Å². The van der Waals surface area contributed by atoms with Gasteiger partial charge in [0.2, 0.25) is 0 Å². The van der Waals surface area contributed by atoms with Gasteiger partial charge in [-0.2, -0.15) is 0 Å². The van der Waals surface area contributed by atoms with Crippen LogP contribution in [0.5, 0.6) is 0 Å². The van der Waals surface area contributed by atoms with Crippen LogP contribution in [0.3, 0.4) is 0 Å². The summed E-state index contributed by atoms with van der Waals surface area (Å²) in [5.74, 6) is -0.856. The molecule has 1 atom stereocenters. The van der Waals surface area contributed by atoms with Crippen molar-refractivity contribution in [3.63, 3.8) is 0 Å². The Hall–Kier alpha value is -0.940. The molecule has 0 bridgehead atoms. The highest BCUT2D eigenvalue weighted by Gasteiger charge is 2.11. The molecule has 1 unspecified atom stereocenters. The lowest BCUT2D eigenvalue weighted by Crippen LogP contribution is -2.09. The van der Waals surface area contributed by atoms with Crippen molar-refractivity contribution in [2.45, 2.75) is 32.2 Å². The van der Waals surface area contributed by atoms with Gasteiger partial charge in [0.1, 0.15) is 5.01 Å². The monoisotopic (exact) mass is 214 g/mol. The molecule has 1 rings (SSSR count). The Bertz CT molecular complexity index is 312. The summed E-state index contributed by atoms with van der Waals surface area (Å²) < 4.78 is 0. The lowest BCUT2D eigenvalue weighted by atomic mass is 10.2. The Kier molecular flexibility index (Phi) is 4.03. The second kappa shape index (κ2) is 5.07. The van der Waals surface area contributed by atoms with Crippen LogP contribution in [0, 0.1) is 0 Å². The van der Waals surface area contributed by atoms with Crippen molar-refractivity contribution < 1.29 is 9.90 Å². The van der Waals surface area contributed by atoms with Gasteiger partial charge in [0.25, 0.3) is 0 Å². The maximum Gasteiger partial charge on any atom is 0.309 e. The summed E-state index contributed by atoms with van der Waals surface area (Å²) in [4.78, 5) is 14.6. The van der Waals surface area contributed by atoms with Crippen molar-refractivity contribution in [1.29, 1.82) is 0 Å². The number of aliphatic carboxylic acids is 1. The molecule has 14 heavy (non-hydrogen) atoms. The minimum atomic E-state index is -0.856. The topological polar surface area (TPSA) is 76.2 Å². The number of carboxylic acids is 1. The molecular formula is C9H14N2O2S. The second-order valence-electron chi connectivity index (χ2n) is 3.14. The van der Waals surface area contributed by atoms with Gasteiger partial charge in [0, 0.05) is 5.38 Å². The molecule has 1 heterocycles. The zero-order valence-electron chi connectivity index (χ0n) is 8.06. The standard InChI is InChI=1S/C9H14N2O2S/c1-2-3-7(10)9-11-6(5-14-9)4-8(12)13/h5,7H,2-4,10H2,1H3,(H,12,13). The zero-order valence-corrected chi connectivity index (χ0v) is 8.88. The number of carboxylic acid groups (broad SMARTS) is 1. The van der Waals surface area contributed by atoms with E-state index in [9.17, 15) is 4.79 Å². The first-order chi connectivity index (χ1) is 6.63. The maximum absolute atomic E-state index is 10.4. The molecule has 1 aromatic heterocycles. The fourth-order valence-electron chi connectivity index (χ4n) is 1.16. The molecular weight excluding hydrogens is 200 g/mol. The fraction of sp³-hybridized carbons (Fsp3) is 0.556. The second-order valence-corrected chi connectivity index (χ2v) is 4.03. The number of nitrogens with zero attached hydrogens (tertiary/aromatic N) is 1. The number of carbonyl (C=O) groups is 1. The third-order valence-electron chi connectivity index (χ3n) is 1.82. The molecule has 5 heteroatoms. The van der Waals surface area contributed by atoms with Crippen LogP contribution in [-0.2, 0) is 11.2 Å². The van der Waals surface area contributed by atoms with E-state index in [0.29, 0.717) is 5.69 Å². The van der Waals surface area contributed by atoms with E-state index < -0.39 is 5.97 Å². The molecule has 0 aliphatic heterocycles. The molecule has 0 amide bonds. The summed E-state index contributed by atoms with van der Waals surface area (Å²) in [6, 6.07) is -0.0486. The van der Waals surface area contributed by atoms with Gasteiger partial charge in [-0.05, 0) is 6.42 Å². The van der Waals surface area contributed by atoms with E-state index in [4.69, 9.17) is 10.8 Å². The van der Waals surface area contributed by atoms with E-state index in [1.165, 1.54) is 11.3 Å². The summed E-state index contributed by atoms with van der Waals surface area (Å²) in [5, 5.41) is 11.2. The maximum atomic E-state index is 10.4. The molecule has 4 nitrogen and oxygen atoms in total. The lowest BCUT2D eigenvalue weighted by Gasteiger charge is -2.04. The summed E-state index contributed by atoms with van der Waals surface area (Å²) in [7, 11) is 0. The number of hydrogen-bond donors (Lipinski definition) is 2. The highest BCUT2D eigenvalue weighted by molar-refractivity contribution is 7.09. The van der Waals surface area contributed by atoms with E-state index in [1.54, 1.807) is 5.38 Å². The number of nitrogens with two attached hydrogens (primary N) is 1. The van der Waals surface area contributed by atoms with E-state index in [0.717, 1.165) is 17.8 Å². The van der Waals surface area contributed by atoms with Gasteiger partial charge < -0.3 is 10.8 Å². The van der Waals surface area contributed by atoms with Crippen molar-refractivity contribution >= 4 is 17.3 Å². The van der Waals surface area contributed by atoms with Crippen molar-refractivity contribution in [3.8, 4) is 0 Å². The van der Waals surface area contributed by atoms with Crippen LogP contribution in [0.25, 0.3) is 0 Å². The van der Waals surface area contributed by atoms with Gasteiger partial charge in [-0.3, -0.25) is 4.79 Å². The molecule has 0 aromatic carbocycles. The van der Waals surface area contributed by atoms with Crippen LogP contribution in [0.4, 0.5) is 0 Å². The van der Waals surface area contributed by atoms with Crippen molar-refractivity contribution in [2.75, 3.05) is 0 Å². The molecule has 0 radical (unpaired) electrons. The van der Waals surface area contributed by atoms with Gasteiger partial charge in [-0.1, -0.05) is 13.3 Å². The minimum Gasteiger partial charge on any atom is -0.481 e. The summed E-state index contributed by atoms with van der Waals surface area (Å²) in [5.41, 5.74) is 6.45. The van der Waals surface area contributed by atoms with Gasteiger partial charge in [0.05, 0.1) is 18.2 Å². The van der Waals surface area contributed by atoms with E-state index >= 15 is 0 Å². The van der Waals surface area contributed by atoms with Crippen molar-refractivity contribution in [1.82, 2.24) is 4.98 Å². The third kappa shape index (κ3) is 3.08. The molecule has 0 spiro atoms. The smallest absolute Gasteiger partial charge is 0.309 e. The Morgan fingerprint density at radius 1 is 1.79 bits per heavy atom. The Labute approximate surface area is 86.8 Å². The first-order valence-electron chi connectivity index (χ1n) is 4.55. The van der Waals surface area contributed by atoms with Gasteiger partial charge in [-0.25, -0.2) is 4.98 Å². The van der Waals surface area contributed by atoms with Crippen LogP contribution in [0.2, 0.25) is 0 Å². The van der Waals surface area contributed by atoms with Crippen LogP contribution in [0.15, 0.2) is 5.38 Å². The predicted octanol–water partition coefficient (Wildman–Crippen LogP) is 1.57. The quantitative estimate of drug-likeness (QED) is 0.780. The van der Waals surface area contributed by atoms with E-state index in [2.05, 4.69) is 11.9 Å². The summed E-state index contributed by atoms with van der Waals surface area (Å²) in [6.45, 7) is 2.06. The summed E-state index contributed by atoms with van der Waals surface area (Å²) >= 11 is 1.44. The fourth-order valence-corrected chi connectivity index (χ4v) is 2.02.